The first-order valence-electron chi connectivity index (χ1n) is 7.01. The third-order valence-corrected chi connectivity index (χ3v) is 3.69. The summed E-state index contributed by atoms with van der Waals surface area (Å²) in [5.41, 5.74) is 1.20. The summed E-state index contributed by atoms with van der Waals surface area (Å²) in [6.07, 6.45) is -2.69. The number of halogens is 3. The zero-order valence-electron chi connectivity index (χ0n) is 12.2. The summed E-state index contributed by atoms with van der Waals surface area (Å²) in [7, 11) is 0. The molecule has 0 bridgehead atoms. The Hall–Kier alpha value is -2.12. The SMILES string of the molecule is Cc1noc(C)c1-c1cc(N2CCCC2)nc(C(F)(F)F)n1. The predicted octanol–water partition coefficient (Wildman–Crippen LogP) is 3.37. The summed E-state index contributed by atoms with van der Waals surface area (Å²) < 4.78 is 44.3. The standard InChI is InChI=1S/C14H15F3N4O/c1-8-12(9(2)22-20-8)10-7-11(21-5-3-4-6-21)19-13(18-10)14(15,16)17/h7H,3-6H2,1-2H3. The normalized spacial score (nSPS) is 15.6. The molecule has 1 aliphatic heterocycles. The van der Waals surface area contributed by atoms with Crippen molar-refractivity contribution < 1.29 is 17.7 Å². The molecule has 5 nitrogen and oxygen atoms in total. The maximum Gasteiger partial charge on any atom is 0.451 e. The van der Waals surface area contributed by atoms with E-state index in [0.717, 1.165) is 12.8 Å². The summed E-state index contributed by atoms with van der Waals surface area (Å²) in [5.74, 6) is -0.390. The summed E-state index contributed by atoms with van der Waals surface area (Å²) in [6, 6.07) is 1.58. The van der Waals surface area contributed by atoms with E-state index < -0.39 is 12.0 Å². The van der Waals surface area contributed by atoms with Crippen molar-refractivity contribution in [3.05, 3.63) is 23.3 Å². The average Bonchev–Trinajstić information content (AvgIpc) is 3.08. The molecule has 8 heteroatoms. The smallest absolute Gasteiger partial charge is 0.361 e. The molecule has 1 saturated heterocycles. The highest BCUT2D eigenvalue weighted by Gasteiger charge is 2.36. The number of anilines is 1. The molecule has 0 atom stereocenters. The van der Waals surface area contributed by atoms with Gasteiger partial charge in [-0.15, -0.1) is 0 Å². The Morgan fingerprint density at radius 2 is 1.82 bits per heavy atom. The molecule has 0 radical (unpaired) electrons. The second-order valence-corrected chi connectivity index (χ2v) is 5.33. The molecule has 0 amide bonds. The zero-order chi connectivity index (χ0) is 15.9. The van der Waals surface area contributed by atoms with Crippen molar-refractivity contribution in [3.8, 4) is 11.3 Å². The predicted molar refractivity (Wildman–Crippen MR) is 73.5 cm³/mol. The molecule has 0 N–H and O–H groups in total. The van der Waals surface area contributed by atoms with Crippen LogP contribution in [0.5, 0.6) is 0 Å². The van der Waals surface area contributed by atoms with Crippen LogP contribution >= 0.6 is 0 Å². The molecule has 0 saturated carbocycles. The van der Waals surface area contributed by atoms with Crippen molar-refractivity contribution >= 4 is 5.82 Å². The van der Waals surface area contributed by atoms with E-state index in [2.05, 4.69) is 15.1 Å². The van der Waals surface area contributed by atoms with Crippen LogP contribution in [0, 0.1) is 13.8 Å². The lowest BCUT2D eigenvalue weighted by atomic mass is 10.1. The zero-order valence-corrected chi connectivity index (χ0v) is 12.2. The lowest BCUT2D eigenvalue weighted by molar-refractivity contribution is -0.144. The quantitative estimate of drug-likeness (QED) is 0.851. The Kier molecular flexibility index (Phi) is 3.54. The van der Waals surface area contributed by atoms with E-state index in [0.29, 0.717) is 35.9 Å². The van der Waals surface area contributed by atoms with E-state index in [-0.39, 0.29) is 5.69 Å². The Labute approximate surface area is 125 Å². The Balaban J connectivity index is 2.15. The molecule has 0 spiro atoms. The fraction of sp³-hybridized carbons (Fsp3) is 0.500. The van der Waals surface area contributed by atoms with E-state index in [1.807, 2.05) is 4.90 Å². The summed E-state index contributed by atoms with van der Waals surface area (Å²) in [6.45, 7) is 4.74. The topological polar surface area (TPSA) is 55.1 Å². The fourth-order valence-electron chi connectivity index (χ4n) is 2.65. The van der Waals surface area contributed by atoms with Crippen LogP contribution < -0.4 is 4.90 Å². The molecule has 1 aliphatic rings. The van der Waals surface area contributed by atoms with Crippen molar-refractivity contribution in [1.29, 1.82) is 0 Å². The van der Waals surface area contributed by atoms with Crippen LogP contribution in [0.3, 0.4) is 0 Å². The fourth-order valence-corrected chi connectivity index (χ4v) is 2.65. The number of hydrogen-bond acceptors (Lipinski definition) is 5. The van der Waals surface area contributed by atoms with Gasteiger partial charge in [0.2, 0.25) is 5.82 Å². The van der Waals surface area contributed by atoms with Gasteiger partial charge in [0.1, 0.15) is 11.6 Å². The van der Waals surface area contributed by atoms with E-state index >= 15 is 0 Å². The van der Waals surface area contributed by atoms with Crippen molar-refractivity contribution in [1.82, 2.24) is 15.1 Å². The first-order valence-corrected chi connectivity index (χ1v) is 7.01. The number of aromatic nitrogens is 3. The molecule has 118 valence electrons. The first-order chi connectivity index (χ1) is 10.4. The highest BCUT2D eigenvalue weighted by Crippen LogP contribution is 2.33. The lowest BCUT2D eigenvalue weighted by Gasteiger charge is -2.18. The highest BCUT2D eigenvalue weighted by atomic mass is 19.4. The minimum atomic E-state index is -4.59. The van der Waals surface area contributed by atoms with Gasteiger partial charge in [0.15, 0.2) is 0 Å². The van der Waals surface area contributed by atoms with Gasteiger partial charge in [-0.1, -0.05) is 5.16 Å². The monoisotopic (exact) mass is 312 g/mol. The summed E-state index contributed by atoms with van der Waals surface area (Å²) in [5, 5.41) is 3.78. The van der Waals surface area contributed by atoms with Gasteiger partial charge in [0.25, 0.3) is 0 Å². The third-order valence-electron chi connectivity index (χ3n) is 3.69. The van der Waals surface area contributed by atoms with Crippen molar-refractivity contribution in [2.24, 2.45) is 0 Å². The van der Waals surface area contributed by atoms with Gasteiger partial charge in [-0.05, 0) is 26.7 Å². The number of nitrogens with zero attached hydrogens (tertiary/aromatic N) is 4. The molecule has 3 heterocycles. The van der Waals surface area contributed by atoms with Crippen LogP contribution in [0.4, 0.5) is 19.0 Å². The van der Waals surface area contributed by atoms with Gasteiger partial charge in [0.05, 0.1) is 17.0 Å². The van der Waals surface area contributed by atoms with E-state index in [9.17, 15) is 13.2 Å². The highest BCUT2D eigenvalue weighted by molar-refractivity contribution is 5.67. The maximum absolute atomic E-state index is 13.1. The van der Waals surface area contributed by atoms with Crippen LogP contribution in [0.1, 0.15) is 30.1 Å². The molecular formula is C14H15F3N4O. The molecular weight excluding hydrogens is 297 g/mol. The minimum absolute atomic E-state index is 0.195. The average molecular weight is 312 g/mol. The minimum Gasteiger partial charge on any atom is -0.361 e. The van der Waals surface area contributed by atoms with Crippen LogP contribution in [-0.2, 0) is 6.18 Å². The maximum atomic E-state index is 13.1. The second kappa shape index (κ2) is 5.26. The molecule has 0 unspecified atom stereocenters. The first kappa shape index (κ1) is 14.8. The molecule has 3 rings (SSSR count). The van der Waals surface area contributed by atoms with Crippen molar-refractivity contribution in [2.45, 2.75) is 32.9 Å². The summed E-state index contributed by atoms with van der Waals surface area (Å²) >= 11 is 0. The Morgan fingerprint density at radius 3 is 2.36 bits per heavy atom. The van der Waals surface area contributed by atoms with E-state index in [1.54, 1.807) is 19.9 Å². The number of rotatable bonds is 2. The van der Waals surface area contributed by atoms with Gasteiger partial charge >= 0.3 is 6.18 Å². The lowest BCUT2D eigenvalue weighted by Crippen LogP contribution is -2.22. The molecule has 0 aliphatic carbocycles. The molecule has 2 aromatic rings. The number of aryl methyl sites for hydroxylation is 2. The second-order valence-electron chi connectivity index (χ2n) is 5.33. The van der Waals surface area contributed by atoms with Gasteiger partial charge in [0, 0.05) is 19.2 Å². The Morgan fingerprint density at radius 1 is 1.14 bits per heavy atom. The molecule has 2 aromatic heterocycles. The Bertz CT molecular complexity index is 670. The molecule has 22 heavy (non-hydrogen) atoms. The molecule has 1 fully saturated rings. The van der Waals surface area contributed by atoms with Crippen molar-refractivity contribution in [2.75, 3.05) is 18.0 Å². The van der Waals surface area contributed by atoms with Gasteiger partial charge in [-0.3, -0.25) is 0 Å². The van der Waals surface area contributed by atoms with Crippen LogP contribution in [0.2, 0.25) is 0 Å². The van der Waals surface area contributed by atoms with Gasteiger partial charge in [-0.2, -0.15) is 13.2 Å². The molecule has 0 aromatic carbocycles. The van der Waals surface area contributed by atoms with Crippen LogP contribution in [0.25, 0.3) is 11.3 Å². The van der Waals surface area contributed by atoms with Gasteiger partial charge < -0.3 is 9.42 Å². The summed E-state index contributed by atoms with van der Waals surface area (Å²) in [4.78, 5) is 9.22. The van der Waals surface area contributed by atoms with E-state index in [1.165, 1.54) is 0 Å². The van der Waals surface area contributed by atoms with E-state index in [4.69, 9.17) is 4.52 Å². The van der Waals surface area contributed by atoms with Crippen molar-refractivity contribution in [3.63, 3.8) is 0 Å². The number of alkyl halides is 3. The third kappa shape index (κ3) is 2.65. The van der Waals surface area contributed by atoms with Crippen LogP contribution in [-0.4, -0.2) is 28.2 Å². The number of hydrogen-bond donors (Lipinski definition) is 0. The largest absolute Gasteiger partial charge is 0.451 e. The van der Waals surface area contributed by atoms with Gasteiger partial charge in [-0.25, -0.2) is 9.97 Å². The van der Waals surface area contributed by atoms with Crippen LogP contribution in [0.15, 0.2) is 10.6 Å².